The molecule has 1 N–H and O–H groups in total. The minimum Gasteiger partial charge on any atom is -0.481 e. The van der Waals surface area contributed by atoms with Crippen molar-refractivity contribution in [3.05, 3.63) is 23.5 Å². The maximum atomic E-state index is 14.5. The summed E-state index contributed by atoms with van der Waals surface area (Å²) in [7, 11) is 3.27. The molecule has 0 aromatic carbocycles. The van der Waals surface area contributed by atoms with Gasteiger partial charge in [-0.05, 0) is 24.5 Å². The summed E-state index contributed by atoms with van der Waals surface area (Å²) in [5, 5.41) is 17.3. The van der Waals surface area contributed by atoms with E-state index in [1.165, 1.54) is 14.5 Å². The highest BCUT2D eigenvalue weighted by Crippen LogP contribution is 2.65. The molecule has 4 fully saturated rings. The van der Waals surface area contributed by atoms with Crippen LogP contribution >= 0.6 is 0 Å². The SMILES string of the molecule is CCc1nc(-c2nnn(C)c2COC(=O)N(C)C23CC(F)(C2)C3)ccc1N1C[C@@H](CC(=O)O)CC(F)(F)C1. The summed E-state index contributed by atoms with van der Waals surface area (Å²) in [6, 6.07) is 3.34. The highest BCUT2D eigenvalue weighted by atomic mass is 19.3. The third-order valence-electron chi connectivity index (χ3n) is 8.02. The number of alkyl halides is 3. The van der Waals surface area contributed by atoms with Gasteiger partial charge >= 0.3 is 12.1 Å². The molecule has 10 nitrogen and oxygen atoms in total. The lowest BCUT2D eigenvalue weighted by atomic mass is 9.47. The van der Waals surface area contributed by atoms with E-state index < -0.39 is 48.1 Å². The molecule has 3 aliphatic carbocycles. The third-order valence-corrected chi connectivity index (χ3v) is 8.02. The van der Waals surface area contributed by atoms with Gasteiger partial charge in [-0.1, -0.05) is 12.1 Å². The van der Waals surface area contributed by atoms with Crippen LogP contribution in [0.1, 0.15) is 50.4 Å². The van der Waals surface area contributed by atoms with Gasteiger partial charge in [0.15, 0.2) is 0 Å². The summed E-state index contributed by atoms with van der Waals surface area (Å²) in [6.07, 6.45) is 0.0997. The zero-order valence-corrected chi connectivity index (χ0v) is 21.6. The van der Waals surface area contributed by atoms with E-state index in [9.17, 15) is 22.8 Å². The number of carboxylic acid groups (broad SMARTS) is 1. The molecule has 1 atom stereocenters. The summed E-state index contributed by atoms with van der Waals surface area (Å²) in [6.45, 7) is 1.41. The number of pyridine rings is 1. The van der Waals surface area contributed by atoms with Crippen LogP contribution in [0.25, 0.3) is 11.4 Å². The molecule has 2 aromatic heterocycles. The summed E-state index contributed by atoms with van der Waals surface area (Å²) in [5.74, 6) is -4.79. The van der Waals surface area contributed by atoms with E-state index >= 15 is 0 Å². The van der Waals surface area contributed by atoms with Crippen LogP contribution in [0, 0.1) is 5.92 Å². The van der Waals surface area contributed by atoms with E-state index in [2.05, 4.69) is 15.3 Å². The number of carbonyl (C=O) groups excluding carboxylic acids is 1. The first kappa shape index (κ1) is 26.2. The monoisotopic (exact) mass is 536 g/mol. The molecule has 6 rings (SSSR count). The second-order valence-corrected chi connectivity index (χ2v) is 10.9. The second-order valence-electron chi connectivity index (χ2n) is 10.9. The van der Waals surface area contributed by atoms with Crippen LogP contribution in [-0.4, -0.2) is 79.3 Å². The number of carbonyl (C=O) groups is 2. The van der Waals surface area contributed by atoms with Crippen molar-refractivity contribution in [3.8, 4) is 11.4 Å². The van der Waals surface area contributed by atoms with Gasteiger partial charge in [-0.3, -0.25) is 4.79 Å². The molecule has 3 heterocycles. The fraction of sp³-hybridized carbons (Fsp3) is 0.640. The second kappa shape index (κ2) is 9.12. The molecule has 0 unspecified atom stereocenters. The van der Waals surface area contributed by atoms with Gasteiger partial charge in [-0.2, -0.15) is 0 Å². The van der Waals surface area contributed by atoms with E-state index in [0.717, 1.165) is 0 Å². The van der Waals surface area contributed by atoms with Crippen molar-refractivity contribution in [2.45, 2.75) is 69.2 Å². The Labute approximate surface area is 217 Å². The highest BCUT2D eigenvalue weighted by Gasteiger charge is 2.72. The lowest BCUT2D eigenvalue weighted by Crippen LogP contribution is -2.76. The fourth-order valence-electron chi connectivity index (χ4n) is 6.08. The van der Waals surface area contributed by atoms with Crippen molar-refractivity contribution >= 4 is 17.7 Å². The van der Waals surface area contributed by atoms with Gasteiger partial charge in [0.25, 0.3) is 5.92 Å². The van der Waals surface area contributed by atoms with Crippen molar-refractivity contribution in [2.75, 3.05) is 25.0 Å². The number of nitrogens with zero attached hydrogens (tertiary/aromatic N) is 6. The third kappa shape index (κ3) is 4.66. The molecule has 4 aliphatic rings. The van der Waals surface area contributed by atoms with Crippen LogP contribution in [0.3, 0.4) is 0 Å². The number of halogens is 3. The number of aromatic nitrogens is 4. The predicted octanol–water partition coefficient (Wildman–Crippen LogP) is 3.59. The van der Waals surface area contributed by atoms with Crippen molar-refractivity contribution < 1.29 is 32.6 Å². The molecule has 1 aliphatic heterocycles. The molecule has 2 bridgehead atoms. The number of amides is 1. The molecule has 13 heteroatoms. The van der Waals surface area contributed by atoms with Crippen molar-refractivity contribution in [1.82, 2.24) is 24.9 Å². The van der Waals surface area contributed by atoms with Gasteiger partial charge in [0.05, 0.1) is 35.6 Å². The molecule has 1 saturated heterocycles. The first-order valence-electron chi connectivity index (χ1n) is 12.7. The van der Waals surface area contributed by atoms with Gasteiger partial charge in [-0.15, -0.1) is 5.10 Å². The lowest BCUT2D eigenvalue weighted by Gasteiger charge is -2.68. The Bertz CT molecular complexity index is 1250. The largest absolute Gasteiger partial charge is 0.481 e. The lowest BCUT2D eigenvalue weighted by molar-refractivity contribution is -0.211. The number of piperidine rings is 1. The van der Waals surface area contributed by atoms with Gasteiger partial charge in [-0.25, -0.2) is 27.6 Å². The number of rotatable bonds is 8. The zero-order chi connectivity index (χ0) is 27.5. The molecule has 206 valence electrons. The Morgan fingerprint density at radius 2 is 1.95 bits per heavy atom. The van der Waals surface area contributed by atoms with Gasteiger partial charge in [0.1, 0.15) is 23.7 Å². The van der Waals surface area contributed by atoms with E-state index in [1.54, 1.807) is 26.2 Å². The normalized spacial score (nSPS) is 27.3. The topological polar surface area (TPSA) is 114 Å². The molecule has 2 aromatic rings. The Hall–Kier alpha value is -3.38. The van der Waals surface area contributed by atoms with Gasteiger partial charge in [0.2, 0.25) is 0 Å². The first-order valence-corrected chi connectivity index (χ1v) is 12.7. The number of aryl methyl sites for hydroxylation is 2. The smallest absolute Gasteiger partial charge is 0.410 e. The number of hydrogen-bond acceptors (Lipinski definition) is 7. The minimum atomic E-state index is -3.01. The average Bonchev–Trinajstić information content (AvgIpc) is 3.17. The van der Waals surface area contributed by atoms with Crippen LogP contribution in [0.2, 0.25) is 0 Å². The van der Waals surface area contributed by atoms with Crippen LogP contribution in [0.15, 0.2) is 12.1 Å². The van der Waals surface area contributed by atoms with Crippen molar-refractivity contribution in [3.63, 3.8) is 0 Å². The number of ether oxygens (including phenoxy) is 1. The highest BCUT2D eigenvalue weighted by molar-refractivity contribution is 5.70. The molecule has 3 saturated carbocycles. The van der Waals surface area contributed by atoms with Crippen molar-refractivity contribution in [2.24, 2.45) is 13.0 Å². The van der Waals surface area contributed by atoms with E-state index in [1.807, 2.05) is 6.92 Å². The van der Waals surface area contributed by atoms with E-state index in [4.69, 9.17) is 9.84 Å². The number of anilines is 1. The Balaban J connectivity index is 1.33. The summed E-state index contributed by atoms with van der Waals surface area (Å²) >= 11 is 0. The number of carboxylic acids is 1. The van der Waals surface area contributed by atoms with Crippen molar-refractivity contribution in [1.29, 1.82) is 0 Å². The molecular weight excluding hydrogens is 505 g/mol. The van der Waals surface area contributed by atoms with Crippen LogP contribution in [0.5, 0.6) is 0 Å². The molecule has 1 amide bonds. The predicted molar refractivity (Wildman–Crippen MR) is 130 cm³/mol. The van der Waals surface area contributed by atoms with Crippen LogP contribution in [-0.2, 0) is 29.6 Å². The zero-order valence-electron chi connectivity index (χ0n) is 21.6. The quantitative estimate of drug-likeness (QED) is 0.545. The first-order chi connectivity index (χ1) is 17.8. The maximum Gasteiger partial charge on any atom is 0.410 e. The van der Waals surface area contributed by atoms with E-state index in [0.29, 0.717) is 54.1 Å². The maximum absolute atomic E-state index is 14.5. The summed E-state index contributed by atoms with van der Waals surface area (Å²) in [5.41, 5.74) is 0.832. The molecule has 38 heavy (non-hydrogen) atoms. The Morgan fingerprint density at radius 3 is 2.58 bits per heavy atom. The molecular formula is C25H31F3N6O4. The van der Waals surface area contributed by atoms with Crippen LogP contribution < -0.4 is 4.90 Å². The molecule has 0 spiro atoms. The minimum absolute atomic E-state index is 0.126. The van der Waals surface area contributed by atoms with Gasteiger partial charge in [0, 0.05) is 46.3 Å². The Kier molecular flexibility index (Phi) is 6.30. The van der Waals surface area contributed by atoms with Gasteiger partial charge < -0.3 is 19.6 Å². The Morgan fingerprint density at radius 1 is 1.24 bits per heavy atom. The average molecular weight is 537 g/mol. The summed E-state index contributed by atoms with van der Waals surface area (Å²) < 4.78 is 49.8. The van der Waals surface area contributed by atoms with E-state index in [-0.39, 0.29) is 19.6 Å². The molecule has 0 radical (unpaired) electrons. The fourth-order valence-corrected chi connectivity index (χ4v) is 6.08. The number of hydrogen-bond donors (Lipinski definition) is 1. The number of aliphatic carboxylic acids is 1. The standard InChI is InChI=1S/C25H31F3N6O4/c1-4-16-18(34-9-15(7-20(35)36)8-25(27,28)14-34)6-5-17(29-16)21-19(33(3)31-30-21)10-38-22(37)32(2)24-11-23(26,12-24)13-24/h5-6,15H,4,7-14H2,1-3H3,(H,35,36)/t15-,23?,24?/m0/s1. The van der Waals surface area contributed by atoms with Crippen LogP contribution in [0.4, 0.5) is 23.7 Å². The summed E-state index contributed by atoms with van der Waals surface area (Å²) in [4.78, 5) is 31.4.